The second kappa shape index (κ2) is 5.82. The van der Waals surface area contributed by atoms with Crippen molar-refractivity contribution in [3.05, 3.63) is 42.8 Å². The molecule has 0 heterocycles. The quantitative estimate of drug-likeness (QED) is 0.578. The minimum absolute atomic E-state index is 1.08. The highest BCUT2D eigenvalue weighted by Crippen LogP contribution is 2.06. The molecule has 12 heavy (non-hydrogen) atoms. The van der Waals surface area contributed by atoms with Crippen LogP contribution >= 0.6 is 0 Å². The molecule has 0 unspecified atom stereocenters. The molecule has 65 valence electrons. The van der Waals surface area contributed by atoms with E-state index in [9.17, 15) is 0 Å². The Hall–Kier alpha value is -0.780. The third-order valence-corrected chi connectivity index (χ3v) is 2.06. The largest absolute Gasteiger partial charge is 0.0622 e. The van der Waals surface area contributed by atoms with Crippen molar-refractivity contribution < 1.29 is 0 Å². The maximum atomic E-state index is 3.83. The number of rotatable bonds is 5. The fraction of sp³-hybridized carbons (Fsp3) is 0.417. The van der Waals surface area contributed by atoms with Crippen LogP contribution in [0.1, 0.15) is 31.2 Å². The predicted molar refractivity (Wildman–Crippen MR) is 54.0 cm³/mol. The van der Waals surface area contributed by atoms with Crippen LogP contribution in [0.15, 0.2) is 30.3 Å². The minimum atomic E-state index is 1.08. The Labute approximate surface area is 75.6 Å². The van der Waals surface area contributed by atoms with Gasteiger partial charge in [-0.2, -0.15) is 0 Å². The second-order valence-corrected chi connectivity index (χ2v) is 3.15. The Kier molecular flexibility index (Phi) is 4.51. The van der Waals surface area contributed by atoms with E-state index < -0.39 is 0 Å². The van der Waals surface area contributed by atoms with E-state index in [4.69, 9.17) is 0 Å². The standard InChI is InChI=1S/C12H17/c1-2-3-4-6-9-12-10-7-5-8-11-12/h5,7-8,10-11H,1-4,6,9H2. The average Bonchev–Trinajstić information content (AvgIpc) is 2.14. The zero-order valence-electron chi connectivity index (χ0n) is 7.63. The van der Waals surface area contributed by atoms with Gasteiger partial charge in [-0.1, -0.05) is 56.5 Å². The van der Waals surface area contributed by atoms with Crippen LogP contribution in [0, 0.1) is 6.92 Å². The van der Waals surface area contributed by atoms with E-state index in [2.05, 4.69) is 37.3 Å². The molecule has 0 spiro atoms. The van der Waals surface area contributed by atoms with Crippen molar-refractivity contribution in [3.8, 4) is 0 Å². The third-order valence-electron chi connectivity index (χ3n) is 2.06. The number of benzene rings is 1. The Morgan fingerprint density at radius 3 is 2.33 bits per heavy atom. The fourth-order valence-corrected chi connectivity index (χ4v) is 1.33. The van der Waals surface area contributed by atoms with Crippen molar-refractivity contribution >= 4 is 0 Å². The van der Waals surface area contributed by atoms with Gasteiger partial charge >= 0.3 is 0 Å². The molecular weight excluding hydrogens is 144 g/mol. The summed E-state index contributed by atoms with van der Waals surface area (Å²) < 4.78 is 0. The molecule has 1 aromatic rings. The van der Waals surface area contributed by atoms with Crippen molar-refractivity contribution in [1.29, 1.82) is 0 Å². The van der Waals surface area contributed by atoms with Crippen LogP contribution in [-0.2, 0) is 6.42 Å². The van der Waals surface area contributed by atoms with Crippen molar-refractivity contribution in [2.75, 3.05) is 0 Å². The summed E-state index contributed by atoms with van der Waals surface area (Å²) in [6.45, 7) is 3.83. The summed E-state index contributed by atoms with van der Waals surface area (Å²) in [6, 6.07) is 10.7. The maximum absolute atomic E-state index is 3.83. The van der Waals surface area contributed by atoms with Crippen molar-refractivity contribution in [3.63, 3.8) is 0 Å². The van der Waals surface area contributed by atoms with Gasteiger partial charge in [0.15, 0.2) is 0 Å². The molecule has 0 N–H and O–H groups in total. The molecule has 0 aliphatic rings. The Morgan fingerprint density at radius 2 is 1.67 bits per heavy atom. The van der Waals surface area contributed by atoms with Crippen LogP contribution in [0.3, 0.4) is 0 Å². The zero-order chi connectivity index (χ0) is 8.65. The lowest BCUT2D eigenvalue weighted by molar-refractivity contribution is 0.686. The van der Waals surface area contributed by atoms with Gasteiger partial charge in [0, 0.05) is 0 Å². The van der Waals surface area contributed by atoms with Crippen LogP contribution in [-0.4, -0.2) is 0 Å². The van der Waals surface area contributed by atoms with E-state index in [1.807, 2.05) is 0 Å². The summed E-state index contributed by atoms with van der Waals surface area (Å²) >= 11 is 0. The van der Waals surface area contributed by atoms with Gasteiger partial charge in [-0.05, 0) is 18.4 Å². The smallest absolute Gasteiger partial charge is 0.0279 e. The lowest BCUT2D eigenvalue weighted by atomic mass is 10.1. The number of hydrogen-bond donors (Lipinski definition) is 0. The SMILES string of the molecule is [CH2]CCCCCc1ccccc1. The molecule has 0 fully saturated rings. The molecule has 0 heteroatoms. The van der Waals surface area contributed by atoms with Gasteiger partial charge in [0.1, 0.15) is 0 Å². The van der Waals surface area contributed by atoms with Crippen LogP contribution in [0.5, 0.6) is 0 Å². The van der Waals surface area contributed by atoms with Gasteiger partial charge in [-0.25, -0.2) is 0 Å². The minimum Gasteiger partial charge on any atom is -0.0622 e. The molecule has 0 amide bonds. The van der Waals surface area contributed by atoms with E-state index >= 15 is 0 Å². The van der Waals surface area contributed by atoms with Crippen molar-refractivity contribution in [1.82, 2.24) is 0 Å². The summed E-state index contributed by atoms with van der Waals surface area (Å²) in [7, 11) is 0. The molecule has 0 atom stereocenters. The molecule has 0 bridgehead atoms. The molecule has 0 saturated carbocycles. The van der Waals surface area contributed by atoms with Crippen molar-refractivity contribution in [2.45, 2.75) is 32.1 Å². The summed E-state index contributed by atoms with van der Waals surface area (Å²) in [5, 5.41) is 0. The third kappa shape index (κ3) is 3.56. The second-order valence-electron chi connectivity index (χ2n) is 3.15. The highest BCUT2D eigenvalue weighted by Gasteiger charge is 1.90. The predicted octanol–water partition coefficient (Wildman–Crippen LogP) is 3.62. The normalized spacial score (nSPS) is 10.1. The van der Waals surface area contributed by atoms with Crippen LogP contribution in [0.2, 0.25) is 0 Å². The van der Waals surface area contributed by atoms with Gasteiger partial charge in [-0.3, -0.25) is 0 Å². The van der Waals surface area contributed by atoms with E-state index in [1.165, 1.54) is 31.2 Å². The summed E-state index contributed by atoms with van der Waals surface area (Å²) in [4.78, 5) is 0. The first-order chi connectivity index (χ1) is 5.93. The summed E-state index contributed by atoms with van der Waals surface area (Å²) in [6.07, 6.45) is 6.19. The van der Waals surface area contributed by atoms with Crippen molar-refractivity contribution in [2.24, 2.45) is 0 Å². The molecule has 0 aromatic heterocycles. The number of hydrogen-bond acceptors (Lipinski definition) is 0. The van der Waals surface area contributed by atoms with E-state index in [0.717, 1.165) is 6.42 Å². The lowest BCUT2D eigenvalue weighted by Crippen LogP contribution is -1.84. The monoisotopic (exact) mass is 161 g/mol. The van der Waals surface area contributed by atoms with E-state index in [0.29, 0.717) is 0 Å². The van der Waals surface area contributed by atoms with Gasteiger partial charge in [0.25, 0.3) is 0 Å². The fourth-order valence-electron chi connectivity index (χ4n) is 1.33. The zero-order valence-corrected chi connectivity index (χ0v) is 7.63. The molecule has 0 nitrogen and oxygen atoms in total. The Balaban J connectivity index is 2.16. The molecule has 0 saturated heterocycles. The van der Waals surface area contributed by atoms with Crippen LogP contribution < -0.4 is 0 Å². The highest BCUT2D eigenvalue weighted by molar-refractivity contribution is 5.14. The average molecular weight is 161 g/mol. The highest BCUT2D eigenvalue weighted by atomic mass is 14.0. The molecule has 1 radical (unpaired) electrons. The van der Waals surface area contributed by atoms with E-state index in [-0.39, 0.29) is 0 Å². The molecule has 0 aliphatic carbocycles. The van der Waals surface area contributed by atoms with Crippen LogP contribution in [0.4, 0.5) is 0 Å². The summed E-state index contributed by atoms with van der Waals surface area (Å²) in [5.74, 6) is 0. The summed E-state index contributed by atoms with van der Waals surface area (Å²) in [5.41, 5.74) is 1.46. The lowest BCUT2D eigenvalue weighted by Gasteiger charge is -1.99. The molecule has 1 rings (SSSR count). The first kappa shape index (κ1) is 9.31. The maximum Gasteiger partial charge on any atom is -0.0279 e. The Morgan fingerprint density at radius 1 is 0.917 bits per heavy atom. The number of unbranched alkanes of at least 4 members (excludes halogenated alkanes) is 3. The van der Waals surface area contributed by atoms with Crippen LogP contribution in [0.25, 0.3) is 0 Å². The molecule has 1 aromatic carbocycles. The first-order valence-corrected chi connectivity index (χ1v) is 4.76. The van der Waals surface area contributed by atoms with E-state index in [1.54, 1.807) is 0 Å². The topological polar surface area (TPSA) is 0 Å². The van der Waals surface area contributed by atoms with Gasteiger partial charge in [0.05, 0.1) is 0 Å². The van der Waals surface area contributed by atoms with Gasteiger partial charge in [-0.15, -0.1) is 0 Å². The Bertz CT molecular complexity index is 188. The molecule has 0 aliphatic heterocycles. The first-order valence-electron chi connectivity index (χ1n) is 4.76. The number of aryl methyl sites for hydroxylation is 1. The molecular formula is C12H17. The van der Waals surface area contributed by atoms with Gasteiger partial charge < -0.3 is 0 Å². The van der Waals surface area contributed by atoms with Gasteiger partial charge in [0.2, 0.25) is 0 Å².